The molecule has 2 unspecified atom stereocenters. The van der Waals surface area contributed by atoms with Gasteiger partial charge in [0.25, 0.3) is 0 Å². The second-order valence-corrected chi connectivity index (χ2v) is 14.6. The summed E-state index contributed by atoms with van der Waals surface area (Å²) in [6.07, 6.45) is 4.00. The van der Waals surface area contributed by atoms with E-state index in [1.165, 1.54) is 5.56 Å². The van der Waals surface area contributed by atoms with Crippen molar-refractivity contribution in [2.24, 2.45) is 0 Å². The zero-order chi connectivity index (χ0) is 23.0. The van der Waals surface area contributed by atoms with Crippen LogP contribution in [-0.4, -0.2) is 40.2 Å². The molecular formula is C25H44O4Si. The van der Waals surface area contributed by atoms with Crippen LogP contribution in [0.1, 0.15) is 96.8 Å². The van der Waals surface area contributed by atoms with E-state index >= 15 is 0 Å². The van der Waals surface area contributed by atoms with E-state index < -0.39 is 13.8 Å². The lowest BCUT2D eigenvalue weighted by Crippen LogP contribution is -2.67. The summed E-state index contributed by atoms with van der Waals surface area (Å²) >= 11 is 0. The summed E-state index contributed by atoms with van der Waals surface area (Å²) in [5, 5.41) is 10.7. The molecule has 1 heterocycles. The van der Waals surface area contributed by atoms with Gasteiger partial charge in [-0.05, 0) is 46.4 Å². The molecule has 1 fully saturated rings. The summed E-state index contributed by atoms with van der Waals surface area (Å²) in [7, 11) is 2.80. The first-order valence-electron chi connectivity index (χ1n) is 11.4. The average Bonchev–Trinajstić information content (AvgIpc) is 2.66. The predicted octanol–water partition coefficient (Wildman–Crippen LogP) is 6.32. The quantitative estimate of drug-likeness (QED) is 0.530. The zero-order valence-electron chi connectivity index (χ0n) is 20.9. The number of methoxy groups -OCH3 is 1. The minimum atomic E-state index is -2.60. The van der Waals surface area contributed by atoms with Crippen LogP contribution in [0, 0.1) is 0 Å². The van der Waals surface area contributed by atoms with Crippen LogP contribution in [0.3, 0.4) is 0 Å². The molecule has 1 aliphatic heterocycles. The average molecular weight is 437 g/mol. The first kappa shape index (κ1) is 25.4. The molecule has 30 heavy (non-hydrogen) atoms. The minimum absolute atomic E-state index is 0.160. The highest BCUT2D eigenvalue weighted by Crippen LogP contribution is 2.52. The third kappa shape index (κ3) is 4.23. The summed E-state index contributed by atoms with van der Waals surface area (Å²) in [6.45, 7) is 15.2. The van der Waals surface area contributed by atoms with Gasteiger partial charge < -0.3 is 18.7 Å². The number of aromatic hydroxyl groups is 1. The number of rotatable bonds is 6. The van der Waals surface area contributed by atoms with Crippen molar-refractivity contribution in [3.05, 3.63) is 28.8 Å². The van der Waals surface area contributed by atoms with E-state index in [1.807, 2.05) is 7.11 Å². The molecule has 2 atom stereocenters. The monoisotopic (exact) mass is 436 g/mol. The van der Waals surface area contributed by atoms with Crippen molar-refractivity contribution in [1.29, 1.82) is 0 Å². The lowest BCUT2D eigenvalue weighted by atomic mass is 9.75. The Balaban J connectivity index is 2.82. The second kappa shape index (κ2) is 8.93. The third-order valence-electron chi connectivity index (χ3n) is 7.00. The Morgan fingerprint density at radius 1 is 1.00 bits per heavy atom. The molecule has 172 valence electrons. The van der Waals surface area contributed by atoms with E-state index in [2.05, 4.69) is 60.6 Å². The van der Waals surface area contributed by atoms with Gasteiger partial charge in [0.05, 0.1) is 0 Å². The highest BCUT2D eigenvalue weighted by atomic mass is 28.4. The topological polar surface area (TPSA) is 47.9 Å². The van der Waals surface area contributed by atoms with Gasteiger partial charge >= 0.3 is 8.56 Å². The fourth-order valence-corrected chi connectivity index (χ4v) is 9.60. The van der Waals surface area contributed by atoms with Crippen molar-refractivity contribution in [1.82, 2.24) is 0 Å². The van der Waals surface area contributed by atoms with Gasteiger partial charge in [0.2, 0.25) is 0 Å². The highest BCUT2D eigenvalue weighted by molar-refractivity contribution is 6.71. The number of hydrogen-bond acceptors (Lipinski definition) is 4. The fourth-order valence-electron chi connectivity index (χ4n) is 5.46. The normalized spacial score (nSPS) is 24.8. The Bertz CT molecular complexity index is 693. The van der Waals surface area contributed by atoms with Gasteiger partial charge in [-0.2, -0.15) is 0 Å². The second-order valence-electron chi connectivity index (χ2n) is 10.9. The summed E-state index contributed by atoms with van der Waals surface area (Å²) in [5.41, 5.74) is 2.92. The van der Waals surface area contributed by atoms with Gasteiger partial charge in [-0.15, -0.1) is 0 Å². The summed E-state index contributed by atoms with van der Waals surface area (Å²) in [4.78, 5) is 0. The van der Waals surface area contributed by atoms with E-state index in [0.717, 1.165) is 42.9 Å². The highest BCUT2D eigenvalue weighted by Gasteiger charge is 2.63. The Morgan fingerprint density at radius 3 is 1.87 bits per heavy atom. The van der Waals surface area contributed by atoms with Crippen LogP contribution in [0.5, 0.6) is 5.75 Å². The summed E-state index contributed by atoms with van der Waals surface area (Å²) in [6, 6.07) is 5.38. The van der Waals surface area contributed by atoms with E-state index in [-0.39, 0.29) is 16.7 Å². The van der Waals surface area contributed by atoms with Crippen molar-refractivity contribution >= 4 is 8.56 Å². The van der Waals surface area contributed by atoms with Gasteiger partial charge in [-0.1, -0.05) is 73.4 Å². The predicted molar refractivity (Wildman–Crippen MR) is 127 cm³/mol. The lowest BCUT2D eigenvalue weighted by molar-refractivity contribution is -0.0303. The van der Waals surface area contributed by atoms with Crippen molar-refractivity contribution < 1.29 is 18.7 Å². The maximum atomic E-state index is 11.2. The molecule has 1 aliphatic rings. The largest absolute Gasteiger partial charge is 0.507 e. The minimum Gasteiger partial charge on any atom is -0.507 e. The van der Waals surface area contributed by atoms with Crippen LogP contribution in [0.2, 0.25) is 6.04 Å². The van der Waals surface area contributed by atoms with Crippen LogP contribution in [0.25, 0.3) is 0 Å². The molecule has 2 rings (SSSR count). The maximum absolute atomic E-state index is 11.2. The zero-order valence-corrected chi connectivity index (χ0v) is 21.9. The van der Waals surface area contributed by atoms with Gasteiger partial charge in [-0.25, -0.2) is 0 Å². The van der Waals surface area contributed by atoms with Crippen LogP contribution in [-0.2, 0) is 24.4 Å². The molecule has 0 spiro atoms. The molecule has 0 amide bonds. The number of benzene rings is 1. The molecule has 0 saturated carbocycles. The van der Waals surface area contributed by atoms with Crippen LogP contribution in [0.15, 0.2) is 12.1 Å². The molecular weight excluding hydrogens is 392 g/mol. The van der Waals surface area contributed by atoms with Crippen molar-refractivity contribution in [2.45, 2.75) is 102 Å². The number of hydrogen-bond donors (Lipinski definition) is 1. The Morgan fingerprint density at radius 2 is 1.50 bits per heavy atom. The molecule has 0 aliphatic carbocycles. The van der Waals surface area contributed by atoms with E-state index in [9.17, 15) is 5.11 Å². The summed E-state index contributed by atoms with van der Waals surface area (Å²) in [5.74, 6) is 0.598. The molecule has 1 aromatic carbocycles. The number of ether oxygens (including phenoxy) is 1. The first-order valence-corrected chi connectivity index (χ1v) is 13.4. The molecule has 1 N–H and O–H groups in total. The molecule has 1 aromatic rings. The standard InChI is InChI=1S/C25H44O4Si/c1-11-14-25(27-8)19(13-12-15-30(25,28-9)29-10)18-16-20(23(2,3)4)22(26)21(17-18)24(5,6)7/h16-17,19,26H,11-15H2,1-10H3. The lowest BCUT2D eigenvalue weighted by Gasteiger charge is -2.52. The maximum Gasteiger partial charge on any atom is 0.371 e. The molecule has 5 heteroatoms. The molecule has 4 nitrogen and oxygen atoms in total. The molecule has 0 bridgehead atoms. The van der Waals surface area contributed by atoms with Gasteiger partial charge in [0.1, 0.15) is 11.0 Å². The van der Waals surface area contributed by atoms with Gasteiger partial charge in [0.15, 0.2) is 0 Å². The van der Waals surface area contributed by atoms with E-state index in [4.69, 9.17) is 13.6 Å². The Kier molecular flexibility index (Phi) is 7.55. The summed E-state index contributed by atoms with van der Waals surface area (Å²) < 4.78 is 18.8. The van der Waals surface area contributed by atoms with E-state index in [1.54, 1.807) is 14.2 Å². The fraction of sp³-hybridized carbons (Fsp3) is 0.760. The number of phenolic OH excluding ortho intramolecular Hbond substituents is 1. The van der Waals surface area contributed by atoms with Crippen LogP contribution < -0.4 is 0 Å². The van der Waals surface area contributed by atoms with Crippen molar-refractivity contribution in [3.63, 3.8) is 0 Å². The molecule has 0 radical (unpaired) electrons. The SMILES string of the molecule is CCCC1(OC)C(c2cc(C(C)(C)C)c(O)c(C(C)(C)C)c2)CCC[Si]1(OC)OC. The van der Waals surface area contributed by atoms with Gasteiger partial charge in [0, 0.05) is 27.2 Å². The third-order valence-corrected chi connectivity index (χ3v) is 11.4. The Hall–Kier alpha value is -0.883. The smallest absolute Gasteiger partial charge is 0.371 e. The Labute approximate surface area is 185 Å². The van der Waals surface area contributed by atoms with Crippen LogP contribution in [0.4, 0.5) is 0 Å². The van der Waals surface area contributed by atoms with Crippen molar-refractivity contribution in [3.8, 4) is 5.75 Å². The molecule has 1 saturated heterocycles. The van der Waals surface area contributed by atoms with Gasteiger partial charge in [-0.3, -0.25) is 0 Å². The van der Waals surface area contributed by atoms with E-state index in [0.29, 0.717) is 5.75 Å². The number of phenols is 1. The van der Waals surface area contributed by atoms with Crippen molar-refractivity contribution in [2.75, 3.05) is 21.3 Å². The first-order chi connectivity index (χ1) is 13.8. The van der Waals surface area contributed by atoms with Crippen LogP contribution >= 0.6 is 0 Å². The molecule has 0 aromatic heterocycles.